The lowest BCUT2D eigenvalue weighted by Crippen LogP contribution is -2.20. The van der Waals surface area contributed by atoms with Gasteiger partial charge in [0.2, 0.25) is 0 Å². The third-order valence-electron chi connectivity index (χ3n) is 3.97. The number of hydrogen-bond donors (Lipinski definition) is 0. The summed E-state index contributed by atoms with van der Waals surface area (Å²) in [5.41, 5.74) is 0.878. The molecule has 0 amide bonds. The molecule has 3 aromatic rings. The Labute approximate surface area is 162 Å². The smallest absolute Gasteiger partial charge is 0.422 e. The number of rotatable bonds is 6. The van der Waals surface area contributed by atoms with Crippen molar-refractivity contribution in [2.24, 2.45) is 0 Å². The number of halogens is 6. The van der Waals surface area contributed by atoms with Gasteiger partial charge in [-0.05, 0) is 46.8 Å². The van der Waals surface area contributed by atoms with Crippen LogP contribution in [0.15, 0.2) is 55.1 Å². The summed E-state index contributed by atoms with van der Waals surface area (Å²) < 4.78 is 89.5. The molecular weight excluding hydrogens is 398 g/mol. The van der Waals surface area contributed by atoms with Gasteiger partial charge in [0.1, 0.15) is 18.2 Å². The molecule has 0 aliphatic rings. The van der Waals surface area contributed by atoms with Crippen molar-refractivity contribution in [3.8, 4) is 22.6 Å². The Bertz CT molecular complexity index is 1040. The Balaban J connectivity index is 2.00. The predicted octanol–water partition coefficient (Wildman–Crippen LogP) is 6.43. The molecule has 0 bridgehead atoms. The highest BCUT2D eigenvalue weighted by Crippen LogP contribution is 2.35. The van der Waals surface area contributed by atoms with Gasteiger partial charge in [0.25, 0.3) is 0 Å². The Hall–Kier alpha value is -3.16. The maximum absolute atomic E-state index is 14.5. The molecule has 0 atom stereocenters. The van der Waals surface area contributed by atoms with E-state index >= 15 is 0 Å². The highest BCUT2D eigenvalue weighted by atomic mass is 19.4. The Morgan fingerprint density at radius 2 is 1.55 bits per heavy atom. The Kier molecular flexibility index (Phi) is 5.72. The van der Waals surface area contributed by atoms with E-state index in [1.807, 2.05) is 0 Å². The molecule has 0 unspecified atom stereocenters. The molecule has 0 spiro atoms. The molecule has 0 saturated carbocycles. The van der Waals surface area contributed by atoms with Crippen LogP contribution in [0.2, 0.25) is 0 Å². The second-order valence-electron chi connectivity index (χ2n) is 6.09. The van der Waals surface area contributed by atoms with E-state index in [1.165, 1.54) is 6.07 Å². The van der Waals surface area contributed by atoms with Crippen LogP contribution in [-0.2, 0) is 0 Å². The summed E-state index contributed by atoms with van der Waals surface area (Å²) in [5, 5.41) is -0.806. The second kappa shape index (κ2) is 8.06. The zero-order valence-corrected chi connectivity index (χ0v) is 14.8. The number of alkyl halides is 3. The van der Waals surface area contributed by atoms with E-state index in [4.69, 9.17) is 4.74 Å². The van der Waals surface area contributed by atoms with Crippen molar-refractivity contribution in [1.82, 2.24) is 0 Å². The van der Waals surface area contributed by atoms with E-state index in [2.05, 4.69) is 11.3 Å². The van der Waals surface area contributed by atoms with Gasteiger partial charge < -0.3 is 9.47 Å². The first-order valence-electron chi connectivity index (χ1n) is 8.34. The number of benzene rings is 3. The van der Waals surface area contributed by atoms with Crippen molar-refractivity contribution in [1.29, 1.82) is 0 Å². The van der Waals surface area contributed by atoms with Crippen LogP contribution in [0.4, 0.5) is 26.3 Å². The fraction of sp³-hybridized carbons (Fsp3) is 0.143. The molecule has 0 N–H and O–H groups in total. The lowest BCUT2D eigenvalue weighted by Gasteiger charge is -2.13. The third kappa shape index (κ3) is 4.64. The van der Waals surface area contributed by atoms with Gasteiger partial charge in [0.05, 0.1) is 5.39 Å². The summed E-state index contributed by atoms with van der Waals surface area (Å²) in [6.07, 6.45) is -3.22. The first-order chi connectivity index (χ1) is 13.7. The van der Waals surface area contributed by atoms with Gasteiger partial charge in [0.15, 0.2) is 24.0 Å². The third-order valence-corrected chi connectivity index (χ3v) is 3.97. The Morgan fingerprint density at radius 3 is 2.17 bits per heavy atom. The molecule has 0 heterocycles. The van der Waals surface area contributed by atoms with Crippen LogP contribution in [0.1, 0.15) is 0 Å². The standard InChI is InChI=1S/C21H14F6O2/c1-2-7-28-15-5-3-12(4-6-15)13-8-14-10-17(23)20(29-11-21(25,26)27)19(24)18(14)16(22)9-13/h2-6,8-10H,1,7,11H2. The molecular formula is C21H14F6O2. The zero-order valence-electron chi connectivity index (χ0n) is 14.8. The maximum Gasteiger partial charge on any atom is 0.422 e. The minimum atomic E-state index is -4.79. The number of ether oxygens (including phenoxy) is 2. The summed E-state index contributed by atoms with van der Waals surface area (Å²) >= 11 is 0. The first-order valence-corrected chi connectivity index (χ1v) is 8.34. The molecule has 8 heteroatoms. The molecule has 0 aliphatic heterocycles. The highest BCUT2D eigenvalue weighted by molar-refractivity contribution is 5.89. The van der Waals surface area contributed by atoms with Gasteiger partial charge in [-0.1, -0.05) is 24.8 Å². The van der Waals surface area contributed by atoms with Gasteiger partial charge in [0, 0.05) is 0 Å². The van der Waals surface area contributed by atoms with Crippen molar-refractivity contribution in [3.63, 3.8) is 0 Å². The first kappa shape index (κ1) is 20.6. The van der Waals surface area contributed by atoms with E-state index < -0.39 is 41.4 Å². The molecule has 3 rings (SSSR count). The average molecular weight is 412 g/mol. The van der Waals surface area contributed by atoms with Crippen LogP contribution in [-0.4, -0.2) is 19.4 Å². The lowest BCUT2D eigenvalue weighted by molar-refractivity contribution is -0.154. The molecule has 0 saturated heterocycles. The quantitative estimate of drug-likeness (QED) is 0.343. The van der Waals surface area contributed by atoms with Crippen LogP contribution in [0.3, 0.4) is 0 Å². The minimum Gasteiger partial charge on any atom is -0.490 e. The lowest BCUT2D eigenvalue weighted by atomic mass is 10.00. The largest absolute Gasteiger partial charge is 0.490 e. The summed E-state index contributed by atoms with van der Waals surface area (Å²) in [4.78, 5) is 0. The van der Waals surface area contributed by atoms with Crippen molar-refractivity contribution < 1.29 is 35.8 Å². The molecule has 0 fully saturated rings. The predicted molar refractivity (Wildman–Crippen MR) is 96.5 cm³/mol. The molecule has 0 aromatic heterocycles. The highest BCUT2D eigenvalue weighted by Gasteiger charge is 2.30. The van der Waals surface area contributed by atoms with E-state index in [0.717, 1.165) is 12.1 Å². The molecule has 2 nitrogen and oxygen atoms in total. The van der Waals surface area contributed by atoms with Crippen LogP contribution in [0.5, 0.6) is 11.5 Å². The van der Waals surface area contributed by atoms with Crippen LogP contribution in [0.25, 0.3) is 21.9 Å². The van der Waals surface area contributed by atoms with Gasteiger partial charge in [-0.25, -0.2) is 13.2 Å². The number of fused-ring (bicyclic) bond motifs is 1. The van der Waals surface area contributed by atoms with Gasteiger partial charge >= 0.3 is 6.18 Å². The maximum atomic E-state index is 14.5. The molecule has 29 heavy (non-hydrogen) atoms. The summed E-state index contributed by atoms with van der Waals surface area (Å²) in [6.45, 7) is 1.94. The van der Waals surface area contributed by atoms with Crippen molar-refractivity contribution >= 4 is 10.8 Å². The van der Waals surface area contributed by atoms with E-state index in [1.54, 1.807) is 30.3 Å². The van der Waals surface area contributed by atoms with E-state index in [-0.39, 0.29) is 5.39 Å². The molecule has 0 radical (unpaired) electrons. The average Bonchev–Trinajstić information content (AvgIpc) is 2.65. The fourth-order valence-corrected chi connectivity index (χ4v) is 2.75. The SMILES string of the molecule is C=CCOc1ccc(-c2cc(F)c3c(F)c(OCC(F)(F)F)c(F)cc3c2)cc1. The van der Waals surface area contributed by atoms with Crippen LogP contribution >= 0.6 is 0 Å². The van der Waals surface area contributed by atoms with Crippen molar-refractivity contribution in [2.75, 3.05) is 13.2 Å². The summed E-state index contributed by atoms with van der Waals surface area (Å²) in [5.74, 6) is -4.66. The van der Waals surface area contributed by atoms with Crippen LogP contribution < -0.4 is 9.47 Å². The molecule has 0 aliphatic carbocycles. The normalized spacial score (nSPS) is 11.5. The molecule has 152 valence electrons. The summed E-state index contributed by atoms with van der Waals surface area (Å²) in [7, 11) is 0. The van der Waals surface area contributed by atoms with Crippen molar-refractivity contribution in [2.45, 2.75) is 6.18 Å². The minimum absolute atomic E-state index is 0.152. The fourth-order valence-electron chi connectivity index (χ4n) is 2.75. The zero-order chi connectivity index (χ0) is 21.2. The monoisotopic (exact) mass is 412 g/mol. The summed E-state index contributed by atoms with van der Waals surface area (Å²) in [6, 6.07) is 9.61. The topological polar surface area (TPSA) is 18.5 Å². The van der Waals surface area contributed by atoms with Crippen LogP contribution in [0, 0.1) is 17.5 Å². The Morgan fingerprint density at radius 1 is 0.862 bits per heavy atom. The van der Waals surface area contributed by atoms with Gasteiger partial charge in [-0.15, -0.1) is 0 Å². The molecule has 3 aromatic carbocycles. The van der Waals surface area contributed by atoms with Gasteiger partial charge in [-0.3, -0.25) is 0 Å². The van der Waals surface area contributed by atoms with E-state index in [9.17, 15) is 26.3 Å². The van der Waals surface area contributed by atoms with E-state index in [0.29, 0.717) is 23.5 Å². The van der Waals surface area contributed by atoms with Crippen molar-refractivity contribution in [3.05, 3.63) is 72.6 Å². The number of hydrogen-bond acceptors (Lipinski definition) is 2. The second-order valence-corrected chi connectivity index (χ2v) is 6.09. The van der Waals surface area contributed by atoms with Gasteiger partial charge in [-0.2, -0.15) is 13.2 Å².